The van der Waals surface area contributed by atoms with Gasteiger partial charge in [-0.05, 0) is 54.7 Å². The van der Waals surface area contributed by atoms with Gasteiger partial charge in [-0.1, -0.05) is 17.7 Å². The van der Waals surface area contributed by atoms with Gasteiger partial charge in [0.15, 0.2) is 5.11 Å². The maximum Gasteiger partial charge on any atom is 0.257 e. The summed E-state index contributed by atoms with van der Waals surface area (Å²) in [5.74, 6) is -0.954. The van der Waals surface area contributed by atoms with Gasteiger partial charge in [0.2, 0.25) is 0 Å². The quantitative estimate of drug-likeness (QED) is 0.833. The van der Waals surface area contributed by atoms with E-state index in [1.807, 2.05) is 0 Å². The second kappa shape index (κ2) is 6.45. The standard InChI is InChI=1S/C14H10ClFN2OS/c15-10-4-6-12(7-5-10)17-14(20)18-13(19)9-2-1-3-11(16)8-9/h1-8H,(H2,17,18,19,20). The molecule has 2 N–H and O–H groups in total. The molecule has 0 bridgehead atoms. The van der Waals surface area contributed by atoms with Crippen molar-refractivity contribution in [2.45, 2.75) is 0 Å². The molecule has 0 aliphatic carbocycles. The highest BCUT2D eigenvalue weighted by Gasteiger charge is 2.08. The lowest BCUT2D eigenvalue weighted by Crippen LogP contribution is -2.34. The van der Waals surface area contributed by atoms with Crippen LogP contribution in [-0.2, 0) is 0 Å². The first kappa shape index (κ1) is 14.4. The summed E-state index contributed by atoms with van der Waals surface area (Å²) in [7, 11) is 0. The Labute approximate surface area is 125 Å². The number of carbonyl (C=O) groups excluding carboxylic acids is 1. The molecule has 0 atom stereocenters. The van der Waals surface area contributed by atoms with Crippen LogP contribution in [-0.4, -0.2) is 11.0 Å². The molecule has 102 valence electrons. The van der Waals surface area contributed by atoms with Crippen molar-refractivity contribution in [3.05, 3.63) is 64.9 Å². The van der Waals surface area contributed by atoms with E-state index in [0.717, 1.165) is 6.07 Å². The number of benzene rings is 2. The van der Waals surface area contributed by atoms with Gasteiger partial charge in [0.05, 0.1) is 0 Å². The monoisotopic (exact) mass is 308 g/mol. The van der Waals surface area contributed by atoms with Crippen molar-refractivity contribution in [3.8, 4) is 0 Å². The minimum Gasteiger partial charge on any atom is -0.332 e. The van der Waals surface area contributed by atoms with Crippen molar-refractivity contribution in [2.75, 3.05) is 5.32 Å². The average Bonchev–Trinajstić information content (AvgIpc) is 2.41. The highest BCUT2D eigenvalue weighted by molar-refractivity contribution is 7.80. The topological polar surface area (TPSA) is 41.1 Å². The Kier molecular flexibility index (Phi) is 4.65. The molecule has 0 saturated carbocycles. The van der Waals surface area contributed by atoms with E-state index in [4.69, 9.17) is 23.8 Å². The van der Waals surface area contributed by atoms with Crippen LogP contribution in [0.4, 0.5) is 10.1 Å². The predicted octanol–water partition coefficient (Wildman–Crippen LogP) is 3.61. The normalized spacial score (nSPS) is 9.90. The van der Waals surface area contributed by atoms with Gasteiger partial charge in [-0.25, -0.2) is 4.39 Å². The van der Waals surface area contributed by atoms with Crippen LogP contribution in [0.2, 0.25) is 5.02 Å². The maximum atomic E-state index is 13.0. The van der Waals surface area contributed by atoms with Gasteiger partial charge < -0.3 is 5.32 Å². The maximum absolute atomic E-state index is 13.0. The third-order valence-corrected chi connectivity index (χ3v) is 2.87. The van der Waals surface area contributed by atoms with Crippen molar-refractivity contribution in [1.82, 2.24) is 5.32 Å². The molecule has 2 aromatic rings. The van der Waals surface area contributed by atoms with Gasteiger partial charge in [0.1, 0.15) is 5.82 Å². The first-order chi connectivity index (χ1) is 9.54. The zero-order chi connectivity index (χ0) is 14.5. The Bertz CT molecular complexity index is 646. The highest BCUT2D eigenvalue weighted by atomic mass is 35.5. The number of nitrogens with one attached hydrogen (secondary N) is 2. The molecule has 0 radical (unpaired) electrons. The first-order valence-electron chi connectivity index (χ1n) is 5.68. The van der Waals surface area contributed by atoms with Crippen LogP contribution in [0.15, 0.2) is 48.5 Å². The van der Waals surface area contributed by atoms with E-state index in [1.54, 1.807) is 24.3 Å². The number of carbonyl (C=O) groups is 1. The zero-order valence-corrected chi connectivity index (χ0v) is 11.8. The van der Waals surface area contributed by atoms with Gasteiger partial charge in [-0.2, -0.15) is 0 Å². The fourth-order valence-electron chi connectivity index (χ4n) is 1.50. The molecule has 3 nitrogen and oxygen atoms in total. The summed E-state index contributed by atoms with van der Waals surface area (Å²) in [6, 6.07) is 12.2. The third-order valence-electron chi connectivity index (χ3n) is 2.42. The van der Waals surface area contributed by atoms with Crippen molar-refractivity contribution in [2.24, 2.45) is 0 Å². The molecule has 1 amide bonds. The second-order valence-corrected chi connectivity index (χ2v) is 4.77. The van der Waals surface area contributed by atoms with Crippen LogP contribution in [0.3, 0.4) is 0 Å². The molecule has 0 spiro atoms. The van der Waals surface area contributed by atoms with Crippen molar-refractivity contribution in [1.29, 1.82) is 0 Å². The van der Waals surface area contributed by atoms with Crippen LogP contribution in [0.5, 0.6) is 0 Å². The zero-order valence-electron chi connectivity index (χ0n) is 10.2. The molecule has 0 saturated heterocycles. The summed E-state index contributed by atoms with van der Waals surface area (Å²) in [6.07, 6.45) is 0. The first-order valence-corrected chi connectivity index (χ1v) is 6.47. The lowest BCUT2D eigenvalue weighted by molar-refractivity contribution is 0.0977. The highest BCUT2D eigenvalue weighted by Crippen LogP contribution is 2.13. The summed E-state index contributed by atoms with van der Waals surface area (Å²) in [6.45, 7) is 0. The minimum atomic E-state index is -0.478. The van der Waals surface area contributed by atoms with Gasteiger partial charge in [0.25, 0.3) is 5.91 Å². The summed E-state index contributed by atoms with van der Waals surface area (Å²) < 4.78 is 13.0. The SMILES string of the molecule is O=C(NC(=S)Nc1ccc(Cl)cc1)c1cccc(F)c1. The van der Waals surface area contributed by atoms with Crippen LogP contribution >= 0.6 is 23.8 Å². The Morgan fingerprint density at radius 2 is 1.85 bits per heavy atom. The summed E-state index contributed by atoms with van der Waals surface area (Å²) in [4.78, 5) is 11.8. The van der Waals surface area contributed by atoms with E-state index in [1.165, 1.54) is 18.2 Å². The number of rotatable bonds is 2. The third kappa shape index (κ3) is 4.01. The van der Waals surface area contributed by atoms with E-state index in [9.17, 15) is 9.18 Å². The molecule has 2 rings (SSSR count). The average molecular weight is 309 g/mol. The second-order valence-electron chi connectivity index (χ2n) is 3.93. The molecule has 6 heteroatoms. The van der Waals surface area contributed by atoms with E-state index in [2.05, 4.69) is 10.6 Å². The van der Waals surface area contributed by atoms with E-state index in [0.29, 0.717) is 10.7 Å². The van der Waals surface area contributed by atoms with E-state index in [-0.39, 0.29) is 10.7 Å². The fraction of sp³-hybridized carbons (Fsp3) is 0. The minimum absolute atomic E-state index is 0.126. The molecule has 0 fully saturated rings. The Morgan fingerprint density at radius 3 is 2.50 bits per heavy atom. The molecular weight excluding hydrogens is 299 g/mol. The Morgan fingerprint density at radius 1 is 1.15 bits per heavy atom. The van der Waals surface area contributed by atoms with Crippen molar-refractivity contribution in [3.63, 3.8) is 0 Å². The number of hydrogen-bond donors (Lipinski definition) is 2. The molecule has 0 heterocycles. The van der Waals surface area contributed by atoms with E-state index < -0.39 is 11.7 Å². The largest absolute Gasteiger partial charge is 0.332 e. The number of halogens is 2. The molecule has 0 aromatic heterocycles. The molecular formula is C14H10ClFN2OS. The molecule has 0 aliphatic heterocycles. The predicted molar refractivity (Wildman–Crippen MR) is 81.5 cm³/mol. The smallest absolute Gasteiger partial charge is 0.257 e. The van der Waals surface area contributed by atoms with Crippen LogP contribution < -0.4 is 10.6 Å². The number of amides is 1. The number of thiocarbonyl (C=S) groups is 1. The molecule has 20 heavy (non-hydrogen) atoms. The summed E-state index contributed by atoms with van der Waals surface area (Å²) >= 11 is 10.8. The fourth-order valence-corrected chi connectivity index (χ4v) is 1.84. The van der Waals surface area contributed by atoms with Crippen molar-refractivity contribution < 1.29 is 9.18 Å². The lowest BCUT2D eigenvalue weighted by Gasteiger charge is -2.09. The van der Waals surface area contributed by atoms with Crippen LogP contribution in [0.1, 0.15) is 10.4 Å². The molecule has 0 aliphatic rings. The van der Waals surface area contributed by atoms with Gasteiger partial charge in [-0.15, -0.1) is 0 Å². The number of anilines is 1. The summed E-state index contributed by atoms with van der Waals surface area (Å²) in [5.41, 5.74) is 0.893. The lowest BCUT2D eigenvalue weighted by atomic mass is 10.2. The van der Waals surface area contributed by atoms with Gasteiger partial charge >= 0.3 is 0 Å². The molecule has 2 aromatic carbocycles. The van der Waals surface area contributed by atoms with E-state index >= 15 is 0 Å². The Hall–Kier alpha value is -1.98. The summed E-state index contributed by atoms with van der Waals surface area (Å²) in [5, 5.41) is 6.03. The molecule has 0 unspecified atom stereocenters. The van der Waals surface area contributed by atoms with Gasteiger partial charge in [0, 0.05) is 16.3 Å². The number of hydrogen-bond acceptors (Lipinski definition) is 2. The Balaban J connectivity index is 1.97. The van der Waals surface area contributed by atoms with Gasteiger partial charge in [-0.3, -0.25) is 10.1 Å². The van der Waals surface area contributed by atoms with Crippen LogP contribution in [0.25, 0.3) is 0 Å². The van der Waals surface area contributed by atoms with Crippen molar-refractivity contribution >= 4 is 40.5 Å². The van der Waals surface area contributed by atoms with Crippen LogP contribution in [0, 0.1) is 5.82 Å².